The van der Waals surface area contributed by atoms with Gasteiger partial charge in [0.05, 0.1) is 0 Å². The maximum Gasteiger partial charge on any atom is 0.194 e. The number of likely N-dealkylation sites (tertiary alicyclic amines) is 1. The molecule has 19 heavy (non-hydrogen) atoms. The standard InChI is InChI=1S/C14H19F3N2/c1-9(10-4-3-5-19(2)8-10)18-11-6-12(15)14(17)13(16)7-11/h6-7,9-10,18H,3-5,8H2,1-2H3. The molecule has 1 heterocycles. The number of anilines is 1. The summed E-state index contributed by atoms with van der Waals surface area (Å²) in [5.41, 5.74) is 0.289. The minimum atomic E-state index is -1.42. The Morgan fingerprint density at radius 3 is 2.47 bits per heavy atom. The zero-order valence-corrected chi connectivity index (χ0v) is 11.2. The van der Waals surface area contributed by atoms with E-state index in [0.29, 0.717) is 5.92 Å². The van der Waals surface area contributed by atoms with Gasteiger partial charge >= 0.3 is 0 Å². The molecule has 2 nitrogen and oxygen atoms in total. The third kappa shape index (κ3) is 3.41. The predicted molar refractivity (Wildman–Crippen MR) is 69.6 cm³/mol. The van der Waals surface area contributed by atoms with Crippen LogP contribution in [0.4, 0.5) is 18.9 Å². The van der Waals surface area contributed by atoms with Crippen molar-refractivity contribution >= 4 is 5.69 Å². The minimum absolute atomic E-state index is 0.0898. The Balaban J connectivity index is 2.04. The fraction of sp³-hybridized carbons (Fsp3) is 0.571. The fourth-order valence-electron chi connectivity index (χ4n) is 2.63. The lowest BCUT2D eigenvalue weighted by Crippen LogP contribution is -2.39. The Bertz CT molecular complexity index is 427. The SMILES string of the molecule is CC(Nc1cc(F)c(F)c(F)c1)C1CCCN(C)C1. The zero-order chi connectivity index (χ0) is 14.0. The summed E-state index contributed by atoms with van der Waals surface area (Å²) < 4.78 is 39.1. The molecule has 0 spiro atoms. The minimum Gasteiger partial charge on any atom is -0.382 e. The molecule has 2 unspecified atom stereocenters. The van der Waals surface area contributed by atoms with Crippen molar-refractivity contribution in [1.29, 1.82) is 0 Å². The van der Waals surface area contributed by atoms with E-state index in [2.05, 4.69) is 17.3 Å². The average Bonchev–Trinajstić information content (AvgIpc) is 2.36. The second-order valence-corrected chi connectivity index (χ2v) is 5.35. The van der Waals surface area contributed by atoms with E-state index in [1.165, 1.54) is 0 Å². The molecule has 0 aliphatic carbocycles. The molecule has 0 saturated carbocycles. The molecule has 1 aliphatic heterocycles. The van der Waals surface area contributed by atoms with Crippen LogP contribution in [0.1, 0.15) is 19.8 Å². The molecule has 5 heteroatoms. The van der Waals surface area contributed by atoms with Crippen LogP contribution in [0.25, 0.3) is 0 Å². The molecule has 0 amide bonds. The summed E-state index contributed by atoms with van der Waals surface area (Å²) in [6.07, 6.45) is 2.21. The summed E-state index contributed by atoms with van der Waals surface area (Å²) in [5.74, 6) is -3.31. The first-order chi connectivity index (χ1) is 8.97. The van der Waals surface area contributed by atoms with E-state index >= 15 is 0 Å². The first-order valence-electron chi connectivity index (χ1n) is 6.57. The van der Waals surface area contributed by atoms with Gasteiger partial charge in [-0.15, -0.1) is 0 Å². The van der Waals surface area contributed by atoms with Crippen molar-refractivity contribution in [3.8, 4) is 0 Å². The van der Waals surface area contributed by atoms with Gasteiger partial charge < -0.3 is 10.2 Å². The highest BCUT2D eigenvalue weighted by atomic mass is 19.2. The topological polar surface area (TPSA) is 15.3 Å². The van der Waals surface area contributed by atoms with Gasteiger partial charge in [-0.2, -0.15) is 0 Å². The van der Waals surface area contributed by atoms with Crippen molar-refractivity contribution in [2.45, 2.75) is 25.8 Å². The highest BCUT2D eigenvalue weighted by Gasteiger charge is 2.23. The fourth-order valence-corrected chi connectivity index (χ4v) is 2.63. The summed E-state index contributed by atoms with van der Waals surface area (Å²) in [6.45, 7) is 4.03. The highest BCUT2D eigenvalue weighted by molar-refractivity contribution is 5.45. The molecule has 2 rings (SSSR count). The van der Waals surface area contributed by atoms with Crippen LogP contribution in [0.2, 0.25) is 0 Å². The second-order valence-electron chi connectivity index (χ2n) is 5.35. The summed E-state index contributed by atoms with van der Waals surface area (Å²) >= 11 is 0. The Morgan fingerprint density at radius 1 is 1.26 bits per heavy atom. The number of halogens is 3. The van der Waals surface area contributed by atoms with Gasteiger partial charge in [-0.3, -0.25) is 0 Å². The Labute approximate surface area is 111 Å². The predicted octanol–water partition coefficient (Wildman–Crippen LogP) is 3.25. The smallest absolute Gasteiger partial charge is 0.194 e. The van der Waals surface area contributed by atoms with E-state index in [1.807, 2.05) is 6.92 Å². The number of benzene rings is 1. The molecule has 1 aromatic carbocycles. The van der Waals surface area contributed by atoms with E-state index < -0.39 is 17.5 Å². The number of nitrogens with zero attached hydrogens (tertiary/aromatic N) is 1. The molecule has 1 saturated heterocycles. The van der Waals surface area contributed by atoms with Gasteiger partial charge in [0, 0.05) is 30.4 Å². The molecule has 106 valence electrons. The quantitative estimate of drug-likeness (QED) is 0.850. The van der Waals surface area contributed by atoms with Crippen molar-refractivity contribution in [1.82, 2.24) is 4.90 Å². The molecule has 1 aromatic rings. The van der Waals surface area contributed by atoms with Gasteiger partial charge in [-0.05, 0) is 39.3 Å². The number of hydrogen-bond acceptors (Lipinski definition) is 2. The van der Waals surface area contributed by atoms with Gasteiger partial charge in [-0.1, -0.05) is 0 Å². The van der Waals surface area contributed by atoms with Gasteiger partial charge in [0.1, 0.15) is 0 Å². The van der Waals surface area contributed by atoms with Crippen molar-refractivity contribution < 1.29 is 13.2 Å². The summed E-state index contributed by atoms with van der Waals surface area (Å²) in [6, 6.07) is 2.09. The highest BCUT2D eigenvalue weighted by Crippen LogP contribution is 2.23. The van der Waals surface area contributed by atoms with Crippen LogP contribution in [0, 0.1) is 23.4 Å². The van der Waals surface area contributed by atoms with Crippen LogP contribution in [0.5, 0.6) is 0 Å². The maximum absolute atomic E-state index is 13.1. The van der Waals surface area contributed by atoms with Crippen LogP contribution < -0.4 is 5.32 Å². The normalized spacial score (nSPS) is 22.3. The molecule has 1 fully saturated rings. The van der Waals surface area contributed by atoms with Gasteiger partial charge in [0.15, 0.2) is 17.5 Å². The Hall–Kier alpha value is -1.23. The van der Waals surface area contributed by atoms with E-state index in [4.69, 9.17) is 0 Å². The molecule has 0 aromatic heterocycles. The van der Waals surface area contributed by atoms with Gasteiger partial charge in [0.25, 0.3) is 0 Å². The summed E-state index contributed by atoms with van der Waals surface area (Å²) in [7, 11) is 2.07. The van der Waals surface area contributed by atoms with E-state index in [0.717, 1.165) is 38.1 Å². The molecule has 0 radical (unpaired) electrons. The van der Waals surface area contributed by atoms with Crippen molar-refractivity contribution in [3.63, 3.8) is 0 Å². The molecule has 2 atom stereocenters. The largest absolute Gasteiger partial charge is 0.382 e. The van der Waals surface area contributed by atoms with E-state index in [9.17, 15) is 13.2 Å². The van der Waals surface area contributed by atoms with Gasteiger partial charge in [0.2, 0.25) is 0 Å². The lowest BCUT2D eigenvalue weighted by atomic mass is 9.92. The van der Waals surface area contributed by atoms with Crippen LogP contribution in [0.3, 0.4) is 0 Å². The number of nitrogens with one attached hydrogen (secondary N) is 1. The molecule has 0 bridgehead atoms. The Morgan fingerprint density at radius 2 is 1.89 bits per heavy atom. The lowest BCUT2D eigenvalue weighted by Gasteiger charge is -2.34. The third-order valence-corrected chi connectivity index (χ3v) is 3.75. The first-order valence-corrected chi connectivity index (χ1v) is 6.57. The number of piperidine rings is 1. The maximum atomic E-state index is 13.1. The van der Waals surface area contributed by atoms with Crippen molar-refractivity contribution in [2.24, 2.45) is 5.92 Å². The van der Waals surface area contributed by atoms with Crippen LogP contribution in [-0.2, 0) is 0 Å². The summed E-state index contributed by atoms with van der Waals surface area (Å²) in [5, 5.41) is 3.07. The molecule has 1 aliphatic rings. The van der Waals surface area contributed by atoms with Crippen LogP contribution in [-0.4, -0.2) is 31.1 Å². The lowest BCUT2D eigenvalue weighted by molar-refractivity contribution is 0.197. The Kier molecular flexibility index (Phi) is 4.34. The zero-order valence-electron chi connectivity index (χ0n) is 11.2. The number of hydrogen-bond donors (Lipinski definition) is 1. The van der Waals surface area contributed by atoms with Crippen LogP contribution >= 0.6 is 0 Å². The summed E-state index contributed by atoms with van der Waals surface area (Å²) in [4.78, 5) is 2.25. The van der Waals surface area contributed by atoms with Crippen molar-refractivity contribution in [3.05, 3.63) is 29.6 Å². The van der Waals surface area contributed by atoms with E-state index in [1.54, 1.807) is 0 Å². The molecular formula is C14H19F3N2. The average molecular weight is 272 g/mol. The van der Waals surface area contributed by atoms with Gasteiger partial charge in [-0.25, -0.2) is 13.2 Å². The second kappa shape index (κ2) is 5.82. The monoisotopic (exact) mass is 272 g/mol. The molecular weight excluding hydrogens is 253 g/mol. The first kappa shape index (κ1) is 14.2. The third-order valence-electron chi connectivity index (χ3n) is 3.75. The molecule has 1 N–H and O–H groups in total. The van der Waals surface area contributed by atoms with Crippen molar-refractivity contribution in [2.75, 3.05) is 25.5 Å². The van der Waals surface area contributed by atoms with E-state index in [-0.39, 0.29) is 11.7 Å². The van der Waals surface area contributed by atoms with Crippen LogP contribution in [0.15, 0.2) is 12.1 Å². The number of rotatable bonds is 3.